The predicted molar refractivity (Wildman–Crippen MR) is 69.8 cm³/mol. The molecule has 0 aromatic carbocycles. The van der Waals surface area contributed by atoms with Gasteiger partial charge in [-0.15, -0.1) is 0 Å². The van der Waals surface area contributed by atoms with Gasteiger partial charge < -0.3 is 15.7 Å². The van der Waals surface area contributed by atoms with E-state index in [4.69, 9.17) is 5.84 Å². The number of nitrogens with two attached hydrogens (primary N) is 1. The standard InChI is InChI=1S/C8H9BrN6OS/c9-5-6(12-3-13-7(5)15-10)11-1-4-2-17-8(16)14-4/h2-3H,1,10H2,(H,14,16)(H2,11,12,13,15). The highest BCUT2D eigenvalue weighted by molar-refractivity contribution is 9.10. The van der Waals surface area contributed by atoms with Gasteiger partial charge in [-0.25, -0.2) is 15.8 Å². The lowest BCUT2D eigenvalue weighted by Crippen LogP contribution is -2.11. The number of anilines is 2. The van der Waals surface area contributed by atoms with E-state index in [-0.39, 0.29) is 4.87 Å². The Morgan fingerprint density at radius 3 is 2.88 bits per heavy atom. The van der Waals surface area contributed by atoms with E-state index >= 15 is 0 Å². The monoisotopic (exact) mass is 316 g/mol. The molecular formula is C8H9BrN6OS. The summed E-state index contributed by atoms with van der Waals surface area (Å²) in [5, 5.41) is 4.82. The van der Waals surface area contributed by atoms with Crippen LogP contribution in [0.2, 0.25) is 0 Å². The van der Waals surface area contributed by atoms with Gasteiger partial charge in [0, 0.05) is 11.1 Å². The molecule has 0 spiro atoms. The zero-order valence-electron chi connectivity index (χ0n) is 8.53. The van der Waals surface area contributed by atoms with Crippen LogP contribution in [0.4, 0.5) is 11.6 Å². The normalized spacial score (nSPS) is 10.2. The van der Waals surface area contributed by atoms with Gasteiger partial charge in [-0.1, -0.05) is 11.3 Å². The molecule has 5 N–H and O–H groups in total. The van der Waals surface area contributed by atoms with Crippen molar-refractivity contribution < 1.29 is 0 Å². The molecule has 0 fully saturated rings. The summed E-state index contributed by atoms with van der Waals surface area (Å²) in [6.07, 6.45) is 1.39. The third kappa shape index (κ3) is 2.81. The van der Waals surface area contributed by atoms with Crippen LogP contribution in [0.15, 0.2) is 21.0 Å². The Bertz CT molecular complexity index is 567. The zero-order valence-corrected chi connectivity index (χ0v) is 10.9. The third-order valence-corrected chi connectivity index (χ3v) is 3.41. The Morgan fingerprint density at radius 1 is 1.47 bits per heavy atom. The van der Waals surface area contributed by atoms with Crippen molar-refractivity contribution in [2.45, 2.75) is 6.54 Å². The van der Waals surface area contributed by atoms with Gasteiger partial charge in [-0.2, -0.15) is 0 Å². The lowest BCUT2D eigenvalue weighted by Gasteiger charge is -2.08. The topological polar surface area (TPSA) is 109 Å². The minimum atomic E-state index is -0.0760. The van der Waals surface area contributed by atoms with E-state index in [1.165, 1.54) is 6.33 Å². The molecule has 0 aliphatic heterocycles. The number of aromatic amines is 1. The summed E-state index contributed by atoms with van der Waals surface area (Å²) in [5.41, 5.74) is 3.24. The number of H-pyrrole nitrogens is 1. The molecule has 2 heterocycles. The fourth-order valence-electron chi connectivity index (χ4n) is 1.17. The molecule has 0 radical (unpaired) electrons. The molecular weight excluding hydrogens is 308 g/mol. The number of nitrogens with zero attached hydrogens (tertiary/aromatic N) is 2. The first-order valence-corrected chi connectivity index (χ1v) is 6.25. The highest BCUT2D eigenvalue weighted by atomic mass is 79.9. The SMILES string of the molecule is NNc1ncnc(NCc2csc(=O)[nH]2)c1Br. The van der Waals surface area contributed by atoms with Gasteiger partial charge in [-0.3, -0.25) is 4.79 Å². The largest absolute Gasteiger partial charge is 0.363 e. The van der Waals surface area contributed by atoms with Crippen molar-refractivity contribution in [2.75, 3.05) is 10.7 Å². The second kappa shape index (κ2) is 5.25. The van der Waals surface area contributed by atoms with Crippen molar-refractivity contribution >= 4 is 38.9 Å². The van der Waals surface area contributed by atoms with Crippen molar-refractivity contribution in [1.29, 1.82) is 0 Å². The van der Waals surface area contributed by atoms with E-state index in [0.29, 0.717) is 22.7 Å². The molecule has 2 aromatic heterocycles. The summed E-state index contributed by atoms with van der Waals surface area (Å²) in [6.45, 7) is 0.471. The molecule has 0 unspecified atom stereocenters. The molecule has 0 atom stereocenters. The zero-order chi connectivity index (χ0) is 12.3. The van der Waals surface area contributed by atoms with Crippen molar-refractivity contribution in [2.24, 2.45) is 5.84 Å². The van der Waals surface area contributed by atoms with E-state index in [2.05, 4.69) is 41.6 Å². The van der Waals surface area contributed by atoms with E-state index < -0.39 is 0 Å². The Kier molecular flexibility index (Phi) is 3.71. The van der Waals surface area contributed by atoms with Gasteiger partial charge in [0.1, 0.15) is 16.6 Å². The maximum atomic E-state index is 10.9. The molecule has 90 valence electrons. The molecule has 17 heavy (non-hydrogen) atoms. The van der Waals surface area contributed by atoms with E-state index in [1.807, 2.05) is 0 Å². The van der Waals surface area contributed by atoms with Crippen LogP contribution in [-0.4, -0.2) is 15.0 Å². The number of thiazole rings is 1. The number of halogens is 1. The summed E-state index contributed by atoms with van der Waals surface area (Å²) >= 11 is 4.44. The quantitative estimate of drug-likeness (QED) is 0.492. The first kappa shape index (κ1) is 12.0. The Balaban J connectivity index is 2.11. The molecule has 0 aliphatic rings. The van der Waals surface area contributed by atoms with Gasteiger partial charge in [0.25, 0.3) is 0 Å². The fourth-order valence-corrected chi connectivity index (χ4v) is 2.21. The molecule has 0 bridgehead atoms. The Hall–Kier alpha value is -1.45. The minimum Gasteiger partial charge on any atom is -0.363 e. The van der Waals surface area contributed by atoms with Gasteiger partial charge in [0.05, 0.1) is 6.54 Å². The van der Waals surface area contributed by atoms with Crippen LogP contribution >= 0.6 is 27.3 Å². The average Bonchev–Trinajstić information content (AvgIpc) is 2.74. The lowest BCUT2D eigenvalue weighted by atomic mass is 10.4. The van der Waals surface area contributed by atoms with Crippen molar-refractivity contribution in [3.8, 4) is 0 Å². The van der Waals surface area contributed by atoms with E-state index in [9.17, 15) is 4.79 Å². The van der Waals surface area contributed by atoms with E-state index in [1.54, 1.807) is 5.38 Å². The lowest BCUT2D eigenvalue weighted by molar-refractivity contribution is 1.02. The van der Waals surface area contributed by atoms with Crippen LogP contribution in [0.1, 0.15) is 5.69 Å². The number of aromatic nitrogens is 3. The first-order valence-electron chi connectivity index (χ1n) is 4.58. The predicted octanol–water partition coefficient (Wildman–Crippen LogP) is 0.887. The number of nitrogen functional groups attached to an aromatic ring is 1. The van der Waals surface area contributed by atoms with Crippen LogP contribution in [-0.2, 0) is 6.54 Å². The third-order valence-electron chi connectivity index (χ3n) is 1.94. The second-order valence-electron chi connectivity index (χ2n) is 3.06. The Labute approximate surface area is 109 Å². The summed E-state index contributed by atoms with van der Waals surface area (Å²) in [7, 11) is 0. The summed E-state index contributed by atoms with van der Waals surface area (Å²) in [5.74, 6) is 6.37. The van der Waals surface area contributed by atoms with Gasteiger partial charge >= 0.3 is 4.87 Å². The number of hydrogen-bond acceptors (Lipinski definition) is 7. The number of nitrogens with one attached hydrogen (secondary N) is 3. The summed E-state index contributed by atoms with van der Waals surface area (Å²) in [4.78, 5) is 21.5. The van der Waals surface area contributed by atoms with Crippen molar-refractivity contribution in [3.05, 3.63) is 31.5 Å². The summed E-state index contributed by atoms with van der Waals surface area (Å²) < 4.78 is 0.639. The summed E-state index contributed by atoms with van der Waals surface area (Å²) in [6, 6.07) is 0. The van der Waals surface area contributed by atoms with Gasteiger partial charge in [0.2, 0.25) is 0 Å². The van der Waals surface area contributed by atoms with Crippen LogP contribution < -0.4 is 21.5 Å². The minimum absolute atomic E-state index is 0.0760. The van der Waals surface area contributed by atoms with Crippen LogP contribution in [0, 0.1) is 0 Å². The average molecular weight is 317 g/mol. The highest BCUT2D eigenvalue weighted by Gasteiger charge is 2.07. The van der Waals surface area contributed by atoms with Crippen molar-refractivity contribution in [3.63, 3.8) is 0 Å². The maximum absolute atomic E-state index is 10.9. The number of hydrogen-bond donors (Lipinski definition) is 4. The number of hydrazine groups is 1. The molecule has 0 saturated heterocycles. The van der Waals surface area contributed by atoms with Gasteiger partial charge in [-0.05, 0) is 15.9 Å². The molecule has 0 saturated carbocycles. The molecule has 2 aromatic rings. The molecule has 7 nitrogen and oxygen atoms in total. The van der Waals surface area contributed by atoms with Crippen LogP contribution in [0.25, 0.3) is 0 Å². The van der Waals surface area contributed by atoms with E-state index in [0.717, 1.165) is 17.0 Å². The molecule has 9 heteroatoms. The van der Waals surface area contributed by atoms with Crippen LogP contribution in [0.5, 0.6) is 0 Å². The Morgan fingerprint density at radius 2 is 2.24 bits per heavy atom. The highest BCUT2D eigenvalue weighted by Crippen LogP contribution is 2.25. The molecule has 0 amide bonds. The smallest absolute Gasteiger partial charge is 0.304 e. The second-order valence-corrected chi connectivity index (χ2v) is 4.69. The van der Waals surface area contributed by atoms with Gasteiger partial charge in [0.15, 0.2) is 5.82 Å². The maximum Gasteiger partial charge on any atom is 0.304 e. The van der Waals surface area contributed by atoms with Crippen molar-refractivity contribution in [1.82, 2.24) is 15.0 Å². The fraction of sp³-hybridized carbons (Fsp3) is 0.125. The number of rotatable bonds is 4. The first-order chi connectivity index (χ1) is 8.20. The molecule has 2 rings (SSSR count). The molecule has 0 aliphatic carbocycles. The van der Waals surface area contributed by atoms with Crippen LogP contribution in [0.3, 0.4) is 0 Å².